The highest BCUT2D eigenvalue weighted by Gasteiger charge is 2.20. The van der Waals surface area contributed by atoms with Gasteiger partial charge in [-0.1, -0.05) is 26.0 Å². The topological polar surface area (TPSA) is 34.0 Å². The lowest BCUT2D eigenvalue weighted by molar-refractivity contribution is 0.210. The fourth-order valence-electron chi connectivity index (χ4n) is 2.38. The molecule has 17 heavy (non-hydrogen) atoms. The number of likely N-dealkylation sites (tertiary alicyclic amines) is 1. The van der Waals surface area contributed by atoms with Crippen LogP contribution in [0.5, 0.6) is 0 Å². The van der Waals surface area contributed by atoms with E-state index in [4.69, 9.17) is 0 Å². The van der Waals surface area contributed by atoms with E-state index >= 15 is 0 Å². The van der Waals surface area contributed by atoms with Crippen LogP contribution in [-0.2, 0) is 6.42 Å². The molecule has 1 aromatic rings. The molecule has 0 unspecified atom stereocenters. The number of aromatic nitrogens is 3. The van der Waals surface area contributed by atoms with Gasteiger partial charge in [-0.3, -0.25) is 0 Å². The number of hydrogen-bond donors (Lipinski definition) is 0. The van der Waals surface area contributed by atoms with Crippen LogP contribution in [-0.4, -0.2) is 40.0 Å². The quantitative estimate of drug-likeness (QED) is 0.789. The lowest BCUT2D eigenvalue weighted by atomic mass is 9.91. The summed E-state index contributed by atoms with van der Waals surface area (Å²) in [5.74, 6) is 0. The van der Waals surface area contributed by atoms with Gasteiger partial charge in [0.1, 0.15) is 0 Å². The second-order valence-electron chi connectivity index (χ2n) is 6.46. The highest BCUT2D eigenvalue weighted by molar-refractivity contribution is 4.97. The average molecular weight is 236 g/mol. The van der Waals surface area contributed by atoms with Gasteiger partial charge in [-0.2, -0.15) is 0 Å². The lowest BCUT2D eigenvalue weighted by Crippen LogP contribution is -2.31. The molecule has 0 bridgehead atoms. The first-order valence-electron chi connectivity index (χ1n) is 6.53. The first kappa shape index (κ1) is 12.6. The van der Waals surface area contributed by atoms with Crippen LogP contribution < -0.4 is 0 Å². The van der Waals surface area contributed by atoms with Crippen LogP contribution in [0.15, 0.2) is 6.20 Å². The Hall–Kier alpha value is -0.900. The Labute approximate surface area is 104 Å². The monoisotopic (exact) mass is 236 g/mol. The molecule has 0 aliphatic carbocycles. The molecule has 4 nitrogen and oxygen atoms in total. The molecule has 1 aliphatic rings. The fraction of sp³-hybridized carbons (Fsp3) is 0.846. The first-order chi connectivity index (χ1) is 7.94. The van der Waals surface area contributed by atoms with Gasteiger partial charge in [0.15, 0.2) is 0 Å². The van der Waals surface area contributed by atoms with Gasteiger partial charge in [0, 0.05) is 6.20 Å². The van der Waals surface area contributed by atoms with Gasteiger partial charge in [0.2, 0.25) is 0 Å². The first-order valence-corrected chi connectivity index (χ1v) is 6.53. The van der Waals surface area contributed by atoms with E-state index in [1.54, 1.807) is 0 Å². The molecule has 4 heteroatoms. The third-order valence-corrected chi connectivity index (χ3v) is 3.33. The molecule has 0 atom stereocenters. The molecule has 1 fully saturated rings. The summed E-state index contributed by atoms with van der Waals surface area (Å²) < 4.78 is 2.08. The smallest absolute Gasteiger partial charge is 0.0832 e. The van der Waals surface area contributed by atoms with Gasteiger partial charge in [-0.25, -0.2) is 4.68 Å². The summed E-state index contributed by atoms with van der Waals surface area (Å²) >= 11 is 0. The van der Waals surface area contributed by atoms with Gasteiger partial charge in [-0.15, -0.1) is 5.10 Å². The Morgan fingerprint density at radius 3 is 2.53 bits per heavy atom. The van der Waals surface area contributed by atoms with Gasteiger partial charge >= 0.3 is 0 Å². The third kappa shape index (κ3) is 3.53. The minimum Gasteiger partial charge on any atom is -0.306 e. The van der Waals surface area contributed by atoms with Crippen LogP contribution in [0.4, 0.5) is 0 Å². The third-order valence-electron chi connectivity index (χ3n) is 3.33. The van der Waals surface area contributed by atoms with Crippen molar-refractivity contribution in [1.82, 2.24) is 19.9 Å². The van der Waals surface area contributed by atoms with Crippen molar-refractivity contribution in [3.63, 3.8) is 0 Å². The zero-order valence-corrected chi connectivity index (χ0v) is 11.5. The number of rotatable bonds is 2. The van der Waals surface area contributed by atoms with Crippen molar-refractivity contribution < 1.29 is 0 Å². The molecule has 0 N–H and O–H groups in total. The van der Waals surface area contributed by atoms with Gasteiger partial charge in [0.05, 0.1) is 11.7 Å². The maximum Gasteiger partial charge on any atom is 0.0832 e. The van der Waals surface area contributed by atoms with Gasteiger partial charge in [0.25, 0.3) is 0 Å². The summed E-state index contributed by atoms with van der Waals surface area (Å²) in [6.45, 7) is 9.04. The predicted molar refractivity (Wildman–Crippen MR) is 68.9 cm³/mol. The van der Waals surface area contributed by atoms with Crippen LogP contribution in [0.2, 0.25) is 0 Å². The zero-order valence-electron chi connectivity index (χ0n) is 11.5. The van der Waals surface area contributed by atoms with Crippen LogP contribution in [0, 0.1) is 5.41 Å². The standard InChI is InChI=1S/C13H24N4/c1-13(2,3)9-11-10-17(15-14-11)12-5-7-16(4)8-6-12/h10,12H,5-9H2,1-4H3. The van der Waals surface area contributed by atoms with Crippen LogP contribution in [0.1, 0.15) is 45.3 Å². The largest absolute Gasteiger partial charge is 0.306 e. The van der Waals surface area contributed by atoms with Crippen molar-refractivity contribution in [3.8, 4) is 0 Å². The molecule has 1 aromatic heterocycles. The summed E-state index contributed by atoms with van der Waals surface area (Å²) in [6, 6.07) is 0.549. The van der Waals surface area contributed by atoms with Gasteiger partial charge < -0.3 is 4.90 Å². The van der Waals surface area contributed by atoms with E-state index in [0.717, 1.165) is 12.1 Å². The van der Waals surface area contributed by atoms with E-state index in [2.05, 4.69) is 53.9 Å². The SMILES string of the molecule is CN1CCC(n2cc(CC(C)(C)C)nn2)CC1. The Balaban J connectivity index is 1.98. The maximum atomic E-state index is 4.30. The second-order valence-corrected chi connectivity index (χ2v) is 6.46. The summed E-state index contributed by atoms with van der Waals surface area (Å²) in [7, 11) is 2.18. The van der Waals surface area contributed by atoms with E-state index < -0.39 is 0 Å². The minimum atomic E-state index is 0.285. The molecule has 2 heterocycles. The van der Waals surface area contributed by atoms with Crippen molar-refractivity contribution >= 4 is 0 Å². The summed E-state index contributed by atoms with van der Waals surface area (Å²) in [6.07, 6.45) is 5.52. The van der Waals surface area contributed by atoms with Crippen molar-refractivity contribution in [3.05, 3.63) is 11.9 Å². The zero-order chi connectivity index (χ0) is 12.5. The molecule has 96 valence electrons. The minimum absolute atomic E-state index is 0.285. The van der Waals surface area contributed by atoms with Crippen molar-refractivity contribution in [2.75, 3.05) is 20.1 Å². The predicted octanol–water partition coefficient (Wildman–Crippen LogP) is 2.13. The highest BCUT2D eigenvalue weighted by Crippen LogP contribution is 2.23. The Bertz CT molecular complexity index is 356. The molecule has 0 amide bonds. The molecule has 2 rings (SSSR count). The van der Waals surface area contributed by atoms with Crippen LogP contribution in [0.3, 0.4) is 0 Å². The number of nitrogens with zero attached hydrogens (tertiary/aromatic N) is 4. The Morgan fingerprint density at radius 1 is 1.29 bits per heavy atom. The molecule has 1 aliphatic heterocycles. The van der Waals surface area contributed by atoms with E-state index in [1.807, 2.05) is 0 Å². The molecular formula is C13H24N4. The molecule has 0 aromatic carbocycles. The van der Waals surface area contributed by atoms with Crippen molar-refractivity contribution in [2.24, 2.45) is 5.41 Å². The maximum absolute atomic E-state index is 4.30. The average Bonchev–Trinajstić information content (AvgIpc) is 2.64. The summed E-state index contributed by atoms with van der Waals surface area (Å²) in [5.41, 5.74) is 1.41. The Kier molecular flexibility index (Phi) is 3.52. The van der Waals surface area contributed by atoms with Crippen molar-refractivity contribution in [1.29, 1.82) is 0 Å². The highest BCUT2D eigenvalue weighted by atomic mass is 15.4. The number of hydrogen-bond acceptors (Lipinski definition) is 3. The van der Waals surface area contributed by atoms with Gasteiger partial charge in [-0.05, 0) is 44.8 Å². The molecule has 0 saturated carbocycles. The number of piperidine rings is 1. The fourth-order valence-corrected chi connectivity index (χ4v) is 2.38. The van der Waals surface area contributed by atoms with E-state index in [-0.39, 0.29) is 5.41 Å². The Morgan fingerprint density at radius 2 is 1.94 bits per heavy atom. The molecule has 1 saturated heterocycles. The van der Waals surface area contributed by atoms with Crippen molar-refractivity contribution in [2.45, 2.75) is 46.1 Å². The molecular weight excluding hydrogens is 212 g/mol. The second kappa shape index (κ2) is 4.77. The lowest BCUT2D eigenvalue weighted by Gasteiger charge is -2.28. The van der Waals surface area contributed by atoms with E-state index in [0.29, 0.717) is 6.04 Å². The summed E-state index contributed by atoms with van der Waals surface area (Å²) in [4.78, 5) is 2.38. The normalized spacial score (nSPS) is 19.8. The summed E-state index contributed by atoms with van der Waals surface area (Å²) in [5, 5.41) is 8.59. The van der Waals surface area contributed by atoms with E-state index in [9.17, 15) is 0 Å². The van der Waals surface area contributed by atoms with Crippen LogP contribution in [0.25, 0.3) is 0 Å². The van der Waals surface area contributed by atoms with Crippen LogP contribution >= 0.6 is 0 Å². The van der Waals surface area contributed by atoms with E-state index in [1.165, 1.54) is 25.9 Å². The molecule has 0 spiro atoms. The molecule has 0 radical (unpaired) electrons.